The first kappa shape index (κ1) is 20.3. The number of para-hydroxylation sites is 1. The summed E-state index contributed by atoms with van der Waals surface area (Å²) in [6.45, 7) is 6.86. The molecule has 164 valence electrons. The van der Waals surface area contributed by atoms with Crippen LogP contribution in [0.1, 0.15) is 42.4 Å². The summed E-state index contributed by atoms with van der Waals surface area (Å²) in [5.41, 5.74) is 2.54. The van der Waals surface area contributed by atoms with Crippen molar-refractivity contribution >= 4 is 34.4 Å². The zero-order valence-corrected chi connectivity index (χ0v) is 18.4. The zero-order valence-electron chi connectivity index (χ0n) is 18.4. The number of nitrogens with zero attached hydrogens (tertiary/aromatic N) is 2. The smallest absolute Gasteiger partial charge is 0.332 e. The number of amides is 4. The van der Waals surface area contributed by atoms with Crippen molar-refractivity contribution in [2.45, 2.75) is 32.7 Å². The number of fused-ring (bicyclic) bond motifs is 5. The summed E-state index contributed by atoms with van der Waals surface area (Å²) in [7, 11) is 0. The van der Waals surface area contributed by atoms with E-state index in [0.717, 1.165) is 22.2 Å². The quantitative estimate of drug-likeness (QED) is 0.618. The van der Waals surface area contributed by atoms with Gasteiger partial charge in [0.2, 0.25) is 0 Å². The third kappa shape index (κ3) is 2.84. The van der Waals surface area contributed by atoms with Gasteiger partial charge in [0.1, 0.15) is 0 Å². The largest absolute Gasteiger partial charge is 0.356 e. The van der Waals surface area contributed by atoms with Crippen LogP contribution in [0, 0.1) is 5.92 Å². The highest BCUT2D eigenvalue weighted by Gasteiger charge is 2.59. The molecule has 2 aliphatic heterocycles. The molecule has 1 aromatic heterocycles. The van der Waals surface area contributed by atoms with Crippen molar-refractivity contribution in [2.75, 3.05) is 18.0 Å². The molecule has 1 atom stereocenters. The number of carbonyl (C=O) groups is 3. The molecule has 7 heteroatoms. The number of anilines is 1. The summed E-state index contributed by atoms with van der Waals surface area (Å²) in [4.78, 5) is 45.9. The van der Waals surface area contributed by atoms with Crippen molar-refractivity contribution in [1.82, 2.24) is 15.2 Å². The topological polar surface area (TPSA) is 85.5 Å². The van der Waals surface area contributed by atoms with Crippen molar-refractivity contribution in [2.24, 2.45) is 5.92 Å². The number of carbonyl (C=O) groups excluding carboxylic acids is 3. The minimum atomic E-state index is -1.11. The van der Waals surface area contributed by atoms with Crippen LogP contribution in [-0.4, -0.2) is 40.8 Å². The molecule has 3 aromatic rings. The van der Waals surface area contributed by atoms with E-state index in [9.17, 15) is 14.4 Å². The molecule has 0 saturated carbocycles. The lowest BCUT2D eigenvalue weighted by Gasteiger charge is -2.35. The van der Waals surface area contributed by atoms with Crippen molar-refractivity contribution in [3.8, 4) is 0 Å². The highest BCUT2D eigenvalue weighted by molar-refractivity contribution is 6.24. The molecule has 0 bridgehead atoms. The van der Waals surface area contributed by atoms with Crippen LogP contribution in [0.25, 0.3) is 10.9 Å². The Bertz CT molecular complexity index is 1260. The van der Waals surface area contributed by atoms with Crippen LogP contribution >= 0.6 is 0 Å². The second-order valence-electron chi connectivity index (χ2n) is 9.08. The number of aromatic nitrogens is 1. The number of nitrogens with one attached hydrogen (secondary N) is 2. The Morgan fingerprint density at radius 2 is 1.94 bits per heavy atom. The predicted octanol–water partition coefficient (Wildman–Crippen LogP) is 3.79. The molecular weight excluding hydrogens is 404 g/mol. The van der Waals surface area contributed by atoms with Gasteiger partial charge in [0.15, 0.2) is 5.54 Å². The Kier molecular flexibility index (Phi) is 4.58. The lowest BCUT2D eigenvalue weighted by Crippen LogP contribution is -2.49. The lowest BCUT2D eigenvalue weighted by atomic mass is 9.87. The summed E-state index contributed by atoms with van der Waals surface area (Å²) in [6, 6.07) is 14.3. The third-order valence-electron chi connectivity index (χ3n) is 6.50. The molecule has 2 N–H and O–H groups in total. The van der Waals surface area contributed by atoms with E-state index >= 15 is 0 Å². The molecule has 5 rings (SSSR count). The maximum Gasteiger partial charge on any atom is 0.332 e. The van der Waals surface area contributed by atoms with Gasteiger partial charge in [-0.3, -0.25) is 9.59 Å². The van der Waals surface area contributed by atoms with Crippen molar-refractivity contribution in [3.05, 3.63) is 65.4 Å². The first-order chi connectivity index (χ1) is 15.3. The Hall–Kier alpha value is -3.61. The summed E-state index contributed by atoms with van der Waals surface area (Å²) >= 11 is 0. The van der Waals surface area contributed by atoms with Gasteiger partial charge < -0.3 is 15.2 Å². The van der Waals surface area contributed by atoms with E-state index in [1.54, 1.807) is 36.1 Å². The van der Waals surface area contributed by atoms with Gasteiger partial charge in [-0.15, -0.1) is 0 Å². The van der Waals surface area contributed by atoms with Crippen molar-refractivity contribution in [1.29, 1.82) is 0 Å². The van der Waals surface area contributed by atoms with Gasteiger partial charge in [-0.1, -0.05) is 38.1 Å². The van der Waals surface area contributed by atoms with Crippen LogP contribution in [0.5, 0.6) is 0 Å². The van der Waals surface area contributed by atoms with Gasteiger partial charge in [0.25, 0.3) is 11.8 Å². The van der Waals surface area contributed by atoms with Gasteiger partial charge in [-0.2, -0.15) is 0 Å². The molecular formula is C25H26N4O3. The Labute approximate surface area is 186 Å². The average molecular weight is 431 g/mol. The molecule has 0 aliphatic carbocycles. The monoisotopic (exact) mass is 430 g/mol. The molecule has 0 radical (unpaired) electrons. The Morgan fingerprint density at radius 3 is 2.72 bits per heavy atom. The van der Waals surface area contributed by atoms with Crippen LogP contribution < -0.4 is 10.2 Å². The highest BCUT2D eigenvalue weighted by atomic mass is 16.2. The third-order valence-corrected chi connectivity index (χ3v) is 6.50. The second kappa shape index (κ2) is 7.22. The maximum atomic E-state index is 13.8. The van der Waals surface area contributed by atoms with E-state index < -0.39 is 5.54 Å². The van der Waals surface area contributed by atoms with Crippen LogP contribution in [-0.2, 0) is 16.8 Å². The van der Waals surface area contributed by atoms with Gasteiger partial charge >= 0.3 is 6.03 Å². The molecule has 0 spiro atoms. The zero-order chi connectivity index (χ0) is 22.6. The fourth-order valence-corrected chi connectivity index (χ4v) is 4.80. The van der Waals surface area contributed by atoms with Gasteiger partial charge in [-0.05, 0) is 49.1 Å². The first-order valence-corrected chi connectivity index (χ1v) is 11.0. The van der Waals surface area contributed by atoms with Crippen LogP contribution in [0.2, 0.25) is 0 Å². The lowest BCUT2D eigenvalue weighted by molar-refractivity contribution is -0.125. The SMILES string of the molecule is CC(C)CNC(=O)c1cccc(N2C(=O)N3CCc4c([nH]c5ccccc45)C3(C)C2=O)c1. The molecule has 1 unspecified atom stereocenters. The minimum absolute atomic E-state index is 0.221. The molecule has 2 aromatic carbocycles. The number of urea groups is 1. The number of hydrogen-bond donors (Lipinski definition) is 2. The molecule has 1 saturated heterocycles. The van der Waals surface area contributed by atoms with Crippen LogP contribution in [0.4, 0.5) is 10.5 Å². The van der Waals surface area contributed by atoms with Crippen LogP contribution in [0.3, 0.4) is 0 Å². The second-order valence-corrected chi connectivity index (χ2v) is 9.08. The summed E-state index contributed by atoms with van der Waals surface area (Å²) < 4.78 is 0. The van der Waals surface area contributed by atoms with Gasteiger partial charge in [0.05, 0.1) is 11.4 Å². The average Bonchev–Trinajstić information content (AvgIpc) is 3.26. The van der Waals surface area contributed by atoms with Crippen molar-refractivity contribution in [3.63, 3.8) is 0 Å². The van der Waals surface area contributed by atoms with Gasteiger partial charge in [-0.25, -0.2) is 9.69 Å². The number of aromatic amines is 1. The predicted molar refractivity (Wildman–Crippen MR) is 123 cm³/mol. The van der Waals surface area contributed by atoms with E-state index in [-0.39, 0.29) is 17.8 Å². The van der Waals surface area contributed by atoms with Gasteiger partial charge in [0, 0.05) is 29.6 Å². The number of imide groups is 1. The fourth-order valence-electron chi connectivity index (χ4n) is 4.80. The summed E-state index contributed by atoms with van der Waals surface area (Å²) in [6.07, 6.45) is 0.680. The summed E-state index contributed by atoms with van der Waals surface area (Å²) in [5, 5.41) is 3.97. The minimum Gasteiger partial charge on any atom is -0.356 e. The number of H-pyrrole nitrogens is 1. The Balaban J connectivity index is 1.53. The molecule has 1 fully saturated rings. The van der Waals surface area contributed by atoms with E-state index in [2.05, 4.69) is 10.3 Å². The molecule has 2 aliphatic rings. The van der Waals surface area contributed by atoms with Crippen LogP contribution in [0.15, 0.2) is 48.5 Å². The molecule has 32 heavy (non-hydrogen) atoms. The normalized spacial score (nSPS) is 20.1. The molecule has 7 nitrogen and oxygen atoms in total. The molecule has 4 amide bonds. The summed E-state index contributed by atoms with van der Waals surface area (Å²) in [5.74, 6) is -0.207. The number of rotatable bonds is 4. The van der Waals surface area contributed by atoms with E-state index in [0.29, 0.717) is 36.7 Å². The van der Waals surface area contributed by atoms with E-state index in [4.69, 9.17) is 0 Å². The standard InChI is InChI=1S/C25H26N4O3/c1-15(2)14-26-22(30)16-7-6-8-17(13-16)29-23(31)25(3)21-19(11-12-28(25)24(29)32)18-9-4-5-10-20(18)27-21/h4-10,13,15,27H,11-12,14H2,1-3H3,(H,26,30). The maximum absolute atomic E-state index is 13.8. The fraction of sp³-hybridized carbons (Fsp3) is 0.320. The highest BCUT2D eigenvalue weighted by Crippen LogP contribution is 2.45. The Morgan fingerprint density at radius 1 is 1.16 bits per heavy atom. The van der Waals surface area contributed by atoms with E-state index in [1.807, 2.05) is 38.1 Å². The molecule has 3 heterocycles. The number of hydrogen-bond acceptors (Lipinski definition) is 3. The number of benzene rings is 2. The van der Waals surface area contributed by atoms with E-state index in [1.165, 1.54) is 4.90 Å². The van der Waals surface area contributed by atoms with Crippen molar-refractivity contribution < 1.29 is 14.4 Å². The first-order valence-electron chi connectivity index (χ1n) is 11.0.